The van der Waals surface area contributed by atoms with Crippen LogP contribution < -0.4 is 5.32 Å². The van der Waals surface area contributed by atoms with Crippen LogP contribution in [0.2, 0.25) is 0 Å². The number of carbonyl (C=O) groups excluding carboxylic acids is 1. The summed E-state index contributed by atoms with van der Waals surface area (Å²) < 4.78 is 5.04. The van der Waals surface area contributed by atoms with E-state index in [1.807, 2.05) is 19.9 Å². The number of nitrogens with zero attached hydrogens (tertiary/aromatic N) is 2. The summed E-state index contributed by atoms with van der Waals surface area (Å²) in [4.78, 5) is 30.9. The molecule has 0 bridgehead atoms. The van der Waals surface area contributed by atoms with Crippen LogP contribution in [0.4, 0.5) is 0 Å². The van der Waals surface area contributed by atoms with E-state index in [2.05, 4.69) is 15.3 Å². The third kappa shape index (κ3) is 4.59. The zero-order valence-corrected chi connectivity index (χ0v) is 12.9. The molecule has 0 unspecified atom stereocenters. The summed E-state index contributed by atoms with van der Waals surface area (Å²) in [7, 11) is 0. The van der Waals surface area contributed by atoms with Gasteiger partial charge in [0.05, 0.1) is 12.3 Å². The monoisotopic (exact) mass is 321 g/mol. The van der Waals surface area contributed by atoms with Crippen LogP contribution in [0.25, 0.3) is 0 Å². The van der Waals surface area contributed by atoms with Gasteiger partial charge in [-0.1, -0.05) is 11.8 Å². The maximum absolute atomic E-state index is 11.8. The molecule has 0 spiro atoms. The van der Waals surface area contributed by atoms with Crippen LogP contribution in [0, 0.1) is 13.8 Å². The van der Waals surface area contributed by atoms with Crippen LogP contribution in [-0.2, 0) is 11.3 Å². The number of carboxylic acids is 1. The predicted molar refractivity (Wildman–Crippen MR) is 79.7 cm³/mol. The molecule has 2 rings (SSSR count). The number of thioether (sulfide) groups is 1. The zero-order valence-electron chi connectivity index (χ0n) is 12.1. The lowest BCUT2D eigenvalue weighted by Gasteiger charge is -2.04. The number of amides is 1. The Labute approximate surface area is 131 Å². The van der Waals surface area contributed by atoms with Crippen molar-refractivity contribution in [1.82, 2.24) is 15.3 Å². The van der Waals surface area contributed by atoms with Crippen molar-refractivity contribution in [3.63, 3.8) is 0 Å². The zero-order chi connectivity index (χ0) is 16.1. The number of aromatic nitrogens is 2. The molecule has 2 N–H and O–H groups in total. The first-order valence-corrected chi connectivity index (χ1v) is 7.46. The van der Waals surface area contributed by atoms with E-state index in [-0.39, 0.29) is 24.0 Å². The number of hydrogen-bond donors (Lipinski definition) is 2. The molecule has 2 heterocycles. The van der Waals surface area contributed by atoms with Gasteiger partial charge in [-0.05, 0) is 32.0 Å². The molecule has 0 aromatic carbocycles. The number of hydrogen-bond acceptors (Lipinski definition) is 6. The van der Waals surface area contributed by atoms with E-state index in [4.69, 9.17) is 9.52 Å². The maximum Gasteiger partial charge on any atom is 0.371 e. The highest BCUT2D eigenvalue weighted by molar-refractivity contribution is 7.99. The summed E-state index contributed by atoms with van der Waals surface area (Å²) in [6.45, 7) is 3.88. The van der Waals surface area contributed by atoms with Gasteiger partial charge in [0.2, 0.25) is 11.7 Å². The van der Waals surface area contributed by atoms with E-state index < -0.39 is 5.97 Å². The molecule has 0 saturated heterocycles. The molecule has 0 radical (unpaired) electrons. The molecule has 0 aliphatic rings. The van der Waals surface area contributed by atoms with Gasteiger partial charge in [0, 0.05) is 11.4 Å². The Morgan fingerprint density at radius 1 is 1.27 bits per heavy atom. The number of furan rings is 1. The van der Waals surface area contributed by atoms with Crippen molar-refractivity contribution in [3.8, 4) is 0 Å². The first-order chi connectivity index (χ1) is 10.4. The van der Waals surface area contributed by atoms with Crippen molar-refractivity contribution < 1.29 is 19.1 Å². The summed E-state index contributed by atoms with van der Waals surface area (Å²) in [5, 5.41) is 11.9. The molecule has 0 saturated carbocycles. The molecule has 0 fully saturated rings. The molecule has 8 heteroatoms. The third-order valence-electron chi connectivity index (χ3n) is 2.63. The highest BCUT2D eigenvalue weighted by Crippen LogP contribution is 2.14. The molecular weight excluding hydrogens is 306 g/mol. The first kappa shape index (κ1) is 16.0. The minimum atomic E-state index is -1.14. The Balaban J connectivity index is 1.81. The Hall–Kier alpha value is -2.35. The average molecular weight is 321 g/mol. The summed E-state index contributed by atoms with van der Waals surface area (Å²) >= 11 is 1.24. The molecular formula is C14H15N3O4S. The lowest BCUT2D eigenvalue weighted by Crippen LogP contribution is -2.24. The van der Waals surface area contributed by atoms with Crippen LogP contribution >= 0.6 is 11.8 Å². The smallest absolute Gasteiger partial charge is 0.371 e. The fourth-order valence-electron chi connectivity index (χ4n) is 1.71. The van der Waals surface area contributed by atoms with Gasteiger partial charge >= 0.3 is 5.97 Å². The fraction of sp³-hybridized carbons (Fsp3) is 0.286. The van der Waals surface area contributed by atoms with Gasteiger partial charge in [-0.25, -0.2) is 14.8 Å². The van der Waals surface area contributed by atoms with Gasteiger partial charge in [0.25, 0.3) is 0 Å². The highest BCUT2D eigenvalue weighted by Gasteiger charge is 2.10. The minimum Gasteiger partial charge on any atom is -0.475 e. The number of rotatable bonds is 6. The number of aryl methyl sites for hydroxylation is 2. The molecule has 22 heavy (non-hydrogen) atoms. The van der Waals surface area contributed by atoms with Gasteiger partial charge in [0.15, 0.2) is 5.16 Å². The van der Waals surface area contributed by atoms with Crippen LogP contribution in [-0.4, -0.2) is 32.7 Å². The van der Waals surface area contributed by atoms with Gasteiger partial charge in [-0.3, -0.25) is 4.79 Å². The predicted octanol–water partition coefficient (Wildman–Crippen LogP) is 1.79. The molecule has 2 aromatic rings. The number of nitrogens with one attached hydrogen (secondary N) is 1. The summed E-state index contributed by atoms with van der Waals surface area (Å²) in [5.74, 6) is -0.933. The van der Waals surface area contributed by atoms with Crippen LogP contribution in [0.15, 0.2) is 27.8 Å². The largest absolute Gasteiger partial charge is 0.475 e. The lowest BCUT2D eigenvalue weighted by atomic mass is 10.4. The Kier molecular flexibility index (Phi) is 5.16. The van der Waals surface area contributed by atoms with Gasteiger partial charge in [0.1, 0.15) is 5.76 Å². The van der Waals surface area contributed by atoms with Crippen LogP contribution in [0.5, 0.6) is 0 Å². The topological polar surface area (TPSA) is 105 Å². The van der Waals surface area contributed by atoms with E-state index >= 15 is 0 Å². The van der Waals surface area contributed by atoms with Crippen molar-refractivity contribution in [1.29, 1.82) is 0 Å². The van der Waals surface area contributed by atoms with Crippen LogP contribution in [0.3, 0.4) is 0 Å². The van der Waals surface area contributed by atoms with Gasteiger partial charge in [-0.2, -0.15) is 0 Å². The van der Waals surface area contributed by atoms with E-state index in [0.29, 0.717) is 10.9 Å². The second-order valence-corrected chi connectivity index (χ2v) is 5.51. The fourth-order valence-corrected chi connectivity index (χ4v) is 2.49. The van der Waals surface area contributed by atoms with Crippen LogP contribution in [0.1, 0.15) is 27.7 Å². The second-order valence-electron chi connectivity index (χ2n) is 4.57. The minimum absolute atomic E-state index is 0.139. The second kappa shape index (κ2) is 7.08. The van der Waals surface area contributed by atoms with E-state index in [0.717, 1.165) is 11.4 Å². The lowest BCUT2D eigenvalue weighted by molar-refractivity contribution is -0.118. The normalized spacial score (nSPS) is 10.5. The Bertz CT molecular complexity index is 679. The standard InChI is InChI=1S/C14H15N3O4S/c1-8-5-9(2)17-14(16-8)22-7-12(18)15-6-10-3-4-11(21-10)13(19)20/h3-5H,6-7H2,1-2H3,(H,15,18)(H,19,20). The molecule has 0 aliphatic heterocycles. The molecule has 7 nitrogen and oxygen atoms in total. The maximum atomic E-state index is 11.8. The SMILES string of the molecule is Cc1cc(C)nc(SCC(=O)NCc2ccc(C(=O)O)o2)n1. The third-order valence-corrected chi connectivity index (χ3v) is 3.47. The number of carboxylic acid groups (broad SMARTS) is 1. The Morgan fingerprint density at radius 2 is 1.95 bits per heavy atom. The first-order valence-electron chi connectivity index (χ1n) is 6.48. The molecule has 116 valence electrons. The molecule has 2 aromatic heterocycles. The van der Waals surface area contributed by atoms with Crippen molar-refractivity contribution in [2.75, 3.05) is 5.75 Å². The van der Waals surface area contributed by atoms with E-state index in [9.17, 15) is 9.59 Å². The van der Waals surface area contributed by atoms with Crippen molar-refractivity contribution >= 4 is 23.6 Å². The van der Waals surface area contributed by atoms with Crippen molar-refractivity contribution in [2.45, 2.75) is 25.5 Å². The van der Waals surface area contributed by atoms with Gasteiger partial charge in [-0.15, -0.1) is 0 Å². The number of aromatic carboxylic acids is 1. The summed E-state index contributed by atoms with van der Waals surface area (Å²) in [6, 6.07) is 4.73. The van der Waals surface area contributed by atoms with Gasteiger partial charge < -0.3 is 14.8 Å². The average Bonchev–Trinajstić information content (AvgIpc) is 2.91. The number of carbonyl (C=O) groups is 2. The van der Waals surface area contributed by atoms with E-state index in [1.54, 1.807) is 0 Å². The molecule has 0 aliphatic carbocycles. The van der Waals surface area contributed by atoms with E-state index in [1.165, 1.54) is 23.9 Å². The quantitative estimate of drug-likeness (QED) is 0.617. The summed E-state index contributed by atoms with van der Waals surface area (Å²) in [5.41, 5.74) is 1.71. The van der Waals surface area contributed by atoms with Crippen molar-refractivity contribution in [2.24, 2.45) is 0 Å². The highest BCUT2D eigenvalue weighted by atomic mass is 32.2. The molecule has 1 amide bonds. The summed E-state index contributed by atoms with van der Waals surface area (Å²) in [6.07, 6.45) is 0. The van der Waals surface area contributed by atoms with Crippen molar-refractivity contribution in [3.05, 3.63) is 41.1 Å². The Morgan fingerprint density at radius 3 is 2.55 bits per heavy atom. The molecule has 0 atom stereocenters.